The predicted molar refractivity (Wildman–Crippen MR) is 104 cm³/mol. The molecule has 2 aromatic rings. The number of likely N-dealkylation sites (tertiary alicyclic amines) is 1. The van der Waals surface area contributed by atoms with Crippen molar-refractivity contribution in [2.24, 2.45) is 11.8 Å². The van der Waals surface area contributed by atoms with Crippen LogP contribution in [0.25, 0.3) is 0 Å². The van der Waals surface area contributed by atoms with Gasteiger partial charge in [0.1, 0.15) is 17.7 Å². The van der Waals surface area contributed by atoms with Gasteiger partial charge in [-0.3, -0.25) is 9.59 Å². The van der Waals surface area contributed by atoms with Crippen LogP contribution in [-0.4, -0.2) is 47.2 Å². The summed E-state index contributed by atoms with van der Waals surface area (Å²) in [6.07, 6.45) is -3.86. The second-order valence-corrected chi connectivity index (χ2v) is 9.01. The molecule has 2 saturated heterocycles. The van der Waals surface area contributed by atoms with E-state index in [-0.39, 0.29) is 42.2 Å². The SMILES string of the molecule is Cc1cc(F)c([C@H](NC(=O)[C@H]2C[C@H]3C[C@H]3N2C(=O)c2cc(C(F)(F)F)no2)C2COC2)cc1F. The van der Waals surface area contributed by atoms with Crippen LogP contribution in [0.4, 0.5) is 22.0 Å². The number of benzene rings is 1. The molecule has 2 aliphatic heterocycles. The maximum absolute atomic E-state index is 14.7. The van der Waals surface area contributed by atoms with E-state index in [9.17, 15) is 31.5 Å². The lowest BCUT2D eigenvalue weighted by Crippen LogP contribution is -2.51. The summed E-state index contributed by atoms with van der Waals surface area (Å²) in [5, 5.41) is 5.63. The number of halogens is 5. The number of amides is 2. The lowest BCUT2D eigenvalue weighted by atomic mass is 9.90. The van der Waals surface area contributed by atoms with Crippen LogP contribution in [0.5, 0.6) is 0 Å². The van der Waals surface area contributed by atoms with Gasteiger partial charge in [0.15, 0.2) is 5.69 Å². The number of nitrogens with zero attached hydrogens (tertiary/aromatic N) is 2. The average Bonchev–Trinajstić information content (AvgIpc) is 3.14. The van der Waals surface area contributed by atoms with Crippen LogP contribution in [0, 0.1) is 30.4 Å². The predicted octanol–water partition coefficient (Wildman–Crippen LogP) is 3.39. The number of piperidine rings is 1. The van der Waals surface area contributed by atoms with Crippen LogP contribution < -0.4 is 5.32 Å². The summed E-state index contributed by atoms with van der Waals surface area (Å²) in [6, 6.07) is 0.403. The highest BCUT2D eigenvalue weighted by atomic mass is 19.4. The number of carbonyl (C=O) groups is 2. The lowest BCUT2D eigenvalue weighted by molar-refractivity contribution is -0.142. The van der Waals surface area contributed by atoms with Gasteiger partial charge in [-0.15, -0.1) is 0 Å². The zero-order valence-corrected chi connectivity index (χ0v) is 17.9. The van der Waals surface area contributed by atoms with E-state index in [1.165, 1.54) is 11.8 Å². The smallest absolute Gasteiger partial charge is 0.381 e. The number of aryl methyl sites for hydroxylation is 1. The molecule has 34 heavy (non-hydrogen) atoms. The number of carbonyl (C=O) groups excluding carboxylic acids is 2. The second kappa shape index (κ2) is 8.03. The van der Waals surface area contributed by atoms with E-state index in [0.717, 1.165) is 12.1 Å². The molecule has 1 N–H and O–H groups in total. The Morgan fingerprint density at radius 1 is 1.15 bits per heavy atom. The molecular weight excluding hydrogens is 465 g/mol. The number of aromatic nitrogens is 1. The van der Waals surface area contributed by atoms with E-state index in [4.69, 9.17) is 4.74 Å². The van der Waals surface area contributed by atoms with Crippen LogP contribution in [0.15, 0.2) is 22.7 Å². The van der Waals surface area contributed by atoms with Crippen molar-refractivity contribution in [3.63, 3.8) is 0 Å². The Kier molecular flexibility index (Phi) is 5.38. The van der Waals surface area contributed by atoms with Gasteiger partial charge < -0.3 is 19.5 Å². The molecule has 0 unspecified atom stereocenters. The number of hydrogen-bond acceptors (Lipinski definition) is 5. The van der Waals surface area contributed by atoms with E-state index in [0.29, 0.717) is 18.9 Å². The molecule has 4 atom stereocenters. The average molecular weight is 485 g/mol. The van der Waals surface area contributed by atoms with Gasteiger partial charge in [0.2, 0.25) is 11.7 Å². The standard InChI is InChI=1S/C22H20F5N3O4/c1-9-2-14(24)12(5-13(9)23)19(11-7-33-8-11)28-20(31)16-4-10-3-15(10)30(16)21(32)17-6-18(29-34-17)22(25,26)27/h2,5-6,10-11,15-16,19H,3-4,7-8H2,1H3,(H,28,31)/t10-,15-,16-,19-/m1/s1. The topological polar surface area (TPSA) is 84.7 Å². The maximum Gasteiger partial charge on any atom is 0.436 e. The van der Waals surface area contributed by atoms with E-state index in [1.807, 2.05) is 0 Å². The fourth-order valence-electron chi connectivity index (χ4n) is 4.66. The molecule has 12 heteroatoms. The van der Waals surface area contributed by atoms with Gasteiger partial charge in [-0.2, -0.15) is 13.2 Å². The van der Waals surface area contributed by atoms with Crippen LogP contribution in [0.2, 0.25) is 0 Å². The summed E-state index contributed by atoms with van der Waals surface area (Å²) in [5.41, 5.74) is -1.25. The summed E-state index contributed by atoms with van der Waals surface area (Å²) >= 11 is 0. The third kappa shape index (κ3) is 3.93. The van der Waals surface area contributed by atoms with Crippen LogP contribution in [-0.2, 0) is 15.7 Å². The molecule has 1 aromatic carbocycles. The van der Waals surface area contributed by atoms with Crippen molar-refractivity contribution in [1.29, 1.82) is 0 Å². The molecule has 7 nitrogen and oxygen atoms in total. The molecule has 182 valence electrons. The number of alkyl halides is 3. The Morgan fingerprint density at radius 2 is 1.88 bits per heavy atom. The Labute approximate surface area is 190 Å². The highest BCUT2D eigenvalue weighted by Crippen LogP contribution is 2.49. The van der Waals surface area contributed by atoms with E-state index >= 15 is 0 Å². The van der Waals surface area contributed by atoms with E-state index in [2.05, 4.69) is 15.0 Å². The first-order chi connectivity index (χ1) is 16.0. The normalized spacial score (nSPS) is 25.0. The maximum atomic E-state index is 14.7. The van der Waals surface area contributed by atoms with Crippen molar-refractivity contribution in [3.05, 3.63) is 52.4 Å². The molecule has 1 saturated carbocycles. The minimum absolute atomic E-state index is 0.0312. The van der Waals surface area contributed by atoms with Crippen molar-refractivity contribution in [3.8, 4) is 0 Å². The largest absolute Gasteiger partial charge is 0.436 e. The fourth-order valence-corrected chi connectivity index (χ4v) is 4.66. The minimum Gasteiger partial charge on any atom is -0.381 e. The van der Waals surface area contributed by atoms with Crippen molar-refractivity contribution in [1.82, 2.24) is 15.4 Å². The third-order valence-corrected chi connectivity index (χ3v) is 6.70. The van der Waals surface area contributed by atoms with Gasteiger partial charge in [-0.25, -0.2) is 8.78 Å². The fraction of sp³-hybridized carbons (Fsp3) is 0.500. The minimum atomic E-state index is -4.78. The Hall–Kier alpha value is -3.02. The monoisotopic (exact) mass is 485 g/mol. The van der Waals surface area contributed by atoms with Gasteiger partial charge >= 0.3 is 6.18 Å². The summed E-state index contributed by atoms with van der Waals surface area (Å²) in [7, 11) is 0. The zero-order valence-electron chi connectivity index (χ0n) is 17.9. The number of rotatable bonds is 5. The van der Waals surface area contributed by atoms with Gasteiger partial charge in [0.05, 0.1) is 19.3 Å². The molecule has 3 aliphatic rings. The summed E-state index contributed by atoms with van der Waals surface area (Å²) in [5.74, 6) is -3.67. The number of nitrogens with one attached hydrogen (secondary N) is 1. The van der Waals surface area contributed by atoms with Crippen molar-refractivity contribution < 1.29 is 40.8 Å². The molecule has 0 spiro atoms. The molecule has 1 aliphatic carbocycles. The summed E-state index contributed by atoms with van der Waals surface area (Å²) < 4.78 is 77.2. The highest BCUT2D eigenvalue weighted by Gasteiger charge is 2.57. The summed E-state index contributed by atoms with van der Waals surface area (Å²) in [4.78, 5) is 27.4. The van der Waals surface area contributed by atoms with Crippen molar-refractivity contribution >= 4 is 11.8 Å². The highest BCUT2D eigenvalue weighted by molar-refractivity contribution is 5.97. The van der Waals surface area contributed by atoms with Crippen LogP contribution in [0.3, 0.4) is 0 Å². The van der Waals surface area contributed by atoms with E-state index < -0.39 is 53.2 Å². The Bertz CT molecular complexity index is 1150. The number of fused-ring (bicyclic) bond motifs is 1. The number of ether oxygens (including phenoxy) is 1. The Balaban J connectivity index is 1.38. The van der Waals surface area contributed by atoms with Gasteiger partial charge in [-0.05, 0) is 43.4 Å². The van der Waals surface area contributed by atoms with Crippen molar-refractivity contribution in [2.45, 2.75) is 44.1 Å². The first kappa shape index (κ1) is 22.8. The third-order valence-electron chi connectivity index (χ3n) is 6.70. The molecule has 5 rings (SSSR count). The molecule has 3 heterocycles. The van der Waals surface area contributed by atoms with Crippen LogP contribution >= 0.6 is 0 Å². The zero-order chi connectivity index (χ0) is 24.4. The van der Waals surface area contributed by atoms with Gasteiger partial charge in [-0.1, -0.05) is 5.16 Å². The van der Waals surface area contributed by atoms with Crippen molar-refractivity contribution in [2.75, 3.05) is 13.2 Å². The Morgan fingerprint density at radius 3 is 2.50 bits per heavy atom. The molecule has 0 radical (unpaired) electrons. The number of hydrogen-bond donors (Lipinski definition) is 1. The first-order valence-corrected chi connectivity index (χ1v) is 10.7. The molecule has 3 fully saturated rings. The molecular formula is C22H20F5N3O4. The summed E-state index contributed by atoms with van der Waals surface area (Å²) in [6.45, 7) is 1.89. The van der Waals surface area contributed by atoms with Gasteiger partial charge in [0, 0.05) is 23.6 Å². The van der Waals surface area contributed by atoms with E-state index in [1.54, 1.807) is 0 Å². The second-order valence-electron chi connectivity index (χ2n) is 9.01. The quantitative estimate of drug-likeness (QED) is 0.657. The molecule has 1 aromatic heterocycles. The molecule has 0 bridgehead atoms. The lowest BCUT2D eigenvalue weighted by Gasteiger charge is -2.36. The van der Waals surface area contributed by atoms with Gasteiger partial charge in [0.25, 0.3) is 5.91 Å². The first-order valence-electron chi connectivity index (χ1n) is 10.7. The van der Waals surface area contributed by atoms with Crippen LogP contribution in [0.1, 0.15) is 46.3 Å². The molecule has 2 amide bonds.